The van der Waals surface area contributed by atoms with Gasteiger partial charge in [-0.2, -0.15) is 0 Å². The van der Waals surface area contributed by atoms with Crippen molar-refractivity contribution in [2.24, 2.45) is 0 Å². The molecule has 7 heteroatoms. The maximum Gasteiger partial charge on any atom is 0.281 e. The number of pyridine rings is 1. The number of rotatable bonds is 2. The van der Waals surface area contributed by atoms with E-state index in [1.807, 2.05) is 0 Å². The van der Waals surface area contributed by atoms with Crippen molar-refractivity contribution in [3.05, 3.63) is 24.5 Å². The first-order chi connectivity index (χ1) is 5.55. The first kappa shape index (κ1) is 9.14. The Morgan fingerprint density at radius 1 is 1.33 bits per heavy atom. The summed E-state index contributed by atoms with van der Waals surface area (Å²) in [5.41, 5.74) is 0. The Morgan fingerprint density at radius 2 is 2.00 bits per heavy atom. The first-order valence-electron chi connectivity index (χ1n) is 2.85. The maximum absolute atomic E-state index is 10.9. The summed E-state index contributed by atoms with van der Waals surface area (Å²) in [5, 5.41) is 0. The SMILES string of the molecule is O=[SH](=O)S(=O)(=O)c1cccnc1. The summed E-state index contributed by atoms with van der Waals surface area (Å²) < 4.78 is 42.3. The Morgan fingerprint density at radius 3 is 2.42 bits per heavy atom. The third kappa shape index (κ3) is 1.62. The number of aromatic nitrogens is 1. The molecule has 1 heterocycles. The van der Waals surface area contributed by atoms with E-state index >= 15 is 0 Å². The van der Waals surface area contributed by atoms with Crippen LogP contribution in [0.4, 0.5) is 0 Å². The number of nitrogens with zero attached hydrogens (tertiary/aromatic N) is 1. The normalized spacial score (nSPS) is 11.8. The standard InChI is InChI=1S/C5H5NO4S2/c7-11(8)12(9,10)5-2-1-3-6-4-5/h1-4,11H. The Hall–Kier alpha value is -0.950. The van der Waals surface area contributed by atoms with E-state index in [0.29, 0.717) is 0 Å². The lowest BCUT2D eigenvalue weighted by atomic mass is 10.5. The molecule has 0 saturated heterocycles. The van der Waals surface area contributed by atoms with E-state index in [1.54, 1.807) is 0 Å². The van der Waals surface area contributed by atoms with Crippen molar-refractivity contribution in [1.29, 1.82) is 0 Å². The fourth-order valence-corrected chi connectivity index (χ4v) is 2.04. The van der Waals surface area contributed by atoms with Crippen LogP contribution in [0.2, 0.25) is 0 Å². The van der Waals surface area contributed by atoms with Crippen LogP contribution in [0, 0.1) is 0 Å². The van der Waals surface area contributed by atoms with Crippen LogP contribution in [0.25, 0.3) is 0 Å². The average Bonchev–Trinajstić information content (AvgIpc) is 2.06. The van der Waals surface area contributed by atoms with Gasteiger partial charge in [-0.3, -0.25) is 4.98 Å². The highest BCUT2D eigenvalue weighted by Gasteiger charge is 2.16. The Labute approximate surface area is 70.3 Å². The van der Waals surface area contributed by atoms with Crippen LogP contribution in [-0.4, -0.2) is 21.8 Å². The molecular formula is C5H5NO4S2. The minimum absolute atomic E-state index is 0.305. The Balaban J connectivity index is 3.35. The van der Waals surface area contributed by atoms with Crippen molar-refractivity contribution in [2.75, 3.05) is 0 Å². The zero-order chi connectivity index (χ0) is 9.19. The van der Waals surface area contributed by atoms with Gasteiger partial charge >= 0.3 is 0 Å². The van der Waals surface area contributed by atoms with Gasteiger partial charge in [0.1, 0.15) is 4.90 Å². The Bertz CT molecular complexity index is 426. The van der Waals surface area contributed by atoms with E-state index in [1.165, 1.54) is 18.3 Å². The first-order valence-corrected chi connectivity index (χ1v) is 6.11. The molecule has 0 fully saturated rings. The van der Waals surface area contributed by atoms with Gasteiger partial charge in [0.25, 0.3) is 8.87 Å². The van der Waals surface area contributed by atoms with E-state index in [2.05, 4.69) is 4.98 Å². The molecule has 1 aromatic heterocycles. The zero-order valence-corrected chi connectivity index (χ0v) is 7.46. The summed E-state index contributed by atoms with van der Waals surface area (Å²) >= 11 is 0. The average molecular weight is 207 g/mol. The molecule has 0 amide bonds. The van der Waals surface area contributed by atoms with E-state index in [-0.39, 0.29) is 4.90 Å². The van der Waals surface area contributed by atoms with Crippen molar-refractivity contribution < 1.29 is 16.8 Å². The summed E-state index contributed by atoms with van der Waals surface area (Å²) in [6.45, 7) is 0. The third-order valence-electron chi connectivity index (χ3n) is 1.13. The lowest BCUT2D eigenvalue weighted by Gasteiger charge is -1.92. The van der Waals surface area contributed by atoms with Crippen LogP contribution < -0.4 is 0 Å². The summed E-state index contributed by atoms with van der Waals surface area (Å²) in [5.74, 6) is 0. The monoisotopic (exact) mass is 207 g/mol. The van der Waals surface area contributed by atoms with E-state index in [4.69, 9.17) is 0 Å². The molecule has 0 unspecified atom stereocenters. The van der Waals surface area contributed by atoms with Crippen LogP contribution in [-0.2, 0) is 18.6 Å². The molecule has 0 spiro atoms. The molecule has 0 aromatic carbocycles. The molecule has 0 atom stereocenters. The summed E-state index contributed by atoms with van der Waals surface area (Å²) in [6.07, 6.45) is 2.34. The van der Waals surface area contributed by atoms with Crippen LogP contribution in [0.5, 0.6) is 0 Å². The van der Waals surface area contributed by atoms with Gasteiger partial charge in [-0.1, -0.05) is 0 Å². The predicted molar refractivity (Wildman–Crippen MR) is 41.7 cm³/mol. The third-order valence-corrected chi connectivity index (χ3v) is 4.17. The molecule has 66 valence electrons. The van der Waals surface area contributed by atoms with Gasteiger partial charge in [-0.15, -0.1) is 0 Å². The van der Waals surface area contributed by atoms with Crippen molar-refractivity contribution in [1.82, 2.24) is 4.98 Å². The molecule has 0 aliphatic rings. The topological polar surface area (TPSA) is 81.2 Å². The van der Waals surface area contributed by atoms with E-state index < -0.39 is 18.6 Å². The van der Waals surface area contributed by atoms with Gasteiger partial charge in [-0.05, 0) is 12.1 Å². The molecule has 1 aromatic rings. The van der Waals surface area contributed by atoms with Crippen molar-refractivity contribution in [3.8, 4) is 0 Å². The van der Waals surface area contributed by atoms with E-state index in [9.17, 15) is 16.8 Å². The number of hydrogen-bond acceptors (Lipinski definition) is 5. The molecule has 0 N–H and O–H groups in total. The minimum atomic E-state index is -4.19. The molecule has 0 aliphatic heterocycles. The smallest absolute Gasteiger partial charge is 0.263 e. The molecular weight excluding hydrogens is 202 g/mol. The fraction of sp³-hybridized carbons (Fsp3) is 0. The van der Waals surface area contributed by atoms with Crippen molar-refractivity contribution >= 4 is 18.6 Å². The van der Waals surface area contributed by atoms with Gasteiger partial charge in [0.15, 0.2) is 0 Å². The van der Waals surface area contributed by atoms with Crippen LogP contribution in [0.15, 0.2) is 29.4 Å². The molecule has 5 nitrogen and oxygen atoms in total. The molecule has 0 bridgehead atoms. The van der Waals surface area contributed by atoms with Gasteiger partial charge in [0.05, 0.1) is 0 Å². The highest BCUT2D eigenvalue weighted by Crippen LogP contribution is 2.07. The largest absolute Gasteiger partial charge is 0.281 e. The van der Waals surface area contributed by atoms with Gasteiger partial charge in [0.2, 0.25) is 9.74 Å². The number of thiol groups is 1. The lowest BCUT2D eigenvalue weighted by molar-refractivity contribution is 0.591. The second-order valence-electron chi connectivity index (χ2n) is 1.89. The summed E-state index contributed by atoms with van der Waals surface area (Å²) in [4.78, 5) is 3.18. The van der Waals surface area contributed by atoms with E-state index in [0.717, 1.165) is 6.20 Å². The molecule has 0 radical (unpaired) electrons. The fourth-order valence-electron chi connectivity index (χ4n) is 0.586. The molecule has 0 aliphatic carbocycles. The zero-order valence-electron chi connectivity index (χ0n) is 5.75. The molecule has 12 heavy (non-hydrogen) atoms. The van der Waals surface area contributed by atoms with Crippen LogP contribution in [0.1, 0.15) is 0 Å². The predicted octanol–water partition coefficient (Wildman–Crippen LogP) is -0.618. The van der Waals surface area contributed by atoms with Crippen molar-refractivity contribution in [2.45, 2.75) is 4.90 Å². The van der Waals surface area contributed by atoms with Gasteiger partial charge in [-0.25, -0.2) is 16.8 Å². The van der Waals surface area contributed by atoms with Crippen molar-refractivity contribution in [3.63, 3.8) is 0 Å². The van der Waals surface area contributed by atoms with Crippen LogP contribution in [0.3, 0.4) is 0 Å². The second kappa shape index (κ2) is 3.20. The quantitative estimate of drug-likeness (QED) is 0.516. The lowest BCUT2D eigenvalue weighted by Crippen LogP contribution is -2.01. The van der Waals surface area contributed by atoms with Gasteiger partial charge in [0, 0.05) is 12.4 Å². The highest BCUT2D eigenvalue weighted by atomic mass is 33.1. The molecule has 1 rings (SSSR count). The number of hydrogen-bond donors (Lipinski definition) is 1. The second-order valence-corrected chi connectivity index (χ2v) is 6.09. The Kier molecular flexibility index (Phi) is 2.43. The van der Waals surface area contributed by atoms with Gasteiger partial charge < -0.3 is 0 Å². The maximum atomic E-state index is 10.9. The summed E-state index contributed by atoms with van der Waals surface area (Å²) in [6, 6.07) is 2.53. The van der Waals surface area contributed by atoms with Crippen LogP contribution >= 0.6 is 0 Å². The summed E-state index contributed by atoms with van der Waals surface area (Å²) in [7, 11) is -7.67. The highest BCUT2D eigenvalue weighted by molar-refractivity contribution is 8.59. The molecule has 0 saturated carbocycles. The minimum Gasteiger partial charge on any atom is -0.263 e.